The van der Waals surface area contributed by atoms with Gasteiger partial charge in [0, 0.05) is 67.9 Å². The molecule has 5 heteroatoms. The predicted molar refractivity (Wildman–Crippen MR) is 109 cm³/mol. The van der Waals surface area contributed by atoms with Gasteiger partial charge in [0.05, 0.1) is 0 Å². The van der Waals surface area contributed by atoms with Crippen molar-refractivity contribution in [3.05, 3.63) is 70.3 Å². The Morgan fingerprint density at radius 3 is 2.82 bits per heavy atom. The van der Waals surface area contributed by atoms with Crippen LogP contribution < -0.4 is 5.56 Å². The van der Waals surface area contributed by atoms with Gasteiger partial charge in [0.1, 0.15) is 0 Å². The first-order chi connectivity index (χ1) is 13.6. The van der Waals surface area contributed by atoms with E-state index in [1.54, 1.807) is 6.07 Å². The van der Waals surface area contributed by atoms with Crippen LogP contribution in [0.4, 0.5) is 0 Å². The molecular formula is C23H25N3O2. The number of likely N-dealkylation sites (tertiary alicyclic amines) is 1. The van der Waals surface area contributed by atoms with Crippen molar-refractivity contribution < 1.29 is 4.79 Å². The highest BCUT2D eigenvalue weighted by atomic mass is 16.2. The third-order valence-electron chi connectivity index (χ3n) is 6.42. The highest BCUT2D eigenvalue weighted by Crippen LogP contribution is 2.35. The van der Waals surface area contributed by atoms with E-state index in [9.17, 15) is 9.59 Å². The molecule has 2 aliphatic rings. The van der Waals surface area contributed by atoms with Gasteiger partial charge < -0.3 is 14.0 Å². The SMILES string of the molecule is Cn1cc(CCC(=O)N2CC3CC(C2)c2cccc(=O)n2C3)c2ccccc21. The van der Waals surface area contributed by atoms with E-state index >= 15 is 0 Å². The first kappa shape index (κ1) is 17.3. The van der Waals surface area contributed by atoms with Crippen molar-refractivity contribution in [1.82, 2.24) is 14.0 Å². The van der Waals surface area contributed by atoms with Gasteiger partial charge in [-0.25, -0.2) is 0 Å². The van der Waals surface area contributed by atoms with Crippen molar-refractivity contribution in [3.8, 4) is 0 Å². The van der Waals surface area contributed by atoms with Gasteiger partial charge in [0.2, 0.25) is 5.91 Å². The van der Waals surface area contributed by atoms with E-state index in [2.05, 4.69) is 36.0 Å². The van der Waals surface area contributed by atoms with Crippen molar-refractivity contribution >= 4 is 16.8 Å². The van der Waals surface area contributed by atoms with Gasteiger partial charge in [-0.3, -0.25) is 9.59 Å². The number of pyridine rings is 1. The fourth-order valence-corrected chi connectivity index (χ4v) is 5.12. The van der Waals surface area contributed by atoms with E-state index < -0.39 is 0 Å². The molecule has 2 aliphatic heterocycles. The van der Waals surface area contributed by atoms with Gasteiger partial charge in [-0.15, -0.1) is 0 Å². The van der Waals surface area contributed by atoms with Gasteiger partial charge in [0.25, 0.3) is 5.56 Å². The van der Waals surface area contributed by atoms with Crippen molar-refractivity contribution in [3.63, 3.8) is 0 Å². The van der Waals surface area contributed by atoms with Gasteiger partial charge in [-0.2, -0.15) is 0 Å². The Bertz CT molecular complexity index is 1110. The van der Waals surface area contributed by atoms with Crippen molar-refractivity contribution in [1.29, 1.82) is 0 Å². The minimum atomic E-state index is 0.0860. The highest BCUT2D eigenvalue weighted by Gasteiger charge is 2.35. The van der Waals surface area contributed by atoms with Crippen LogP contribution in [0, 0.1) is 5.92 Å². The van der Waals surface area contributed by atoms with E-state index in [0.717, 1.165) is 38.2 Å². The molecule has 0 saturated carbocycles. The lowest BCUT2D eigenvalue weighted by molar-refractivity contribution is -0.133. The first-order valence-electron chi connectivity index (χ1n) is 10.1. The number of carbonyl (C=O) groups excluding carboxylic acids is 1. The summed E-state index contributed by atoms with van der Waals surface area (Å²) in [6, 6.07) is 13.9. The molecule has 5 nitrogen and oxygen atoms in total. The average molecular weight is 375 g/mol. The summed E-state index contributed by atoms with van der Waals surface area (Å²) in [5, 5.41) is 1.24. The molecule has 0 aliphatic carbocycles. The summed E-state index contributed by atoms with van der Waals surface area (Å²) in [4.78, 5) is 27.2. The second-order valence-electron chi connectivity index (χ2n) is 8.28. The quantitative estimate of drug-likeness (QED) is 0.707. The number of piperidine rings is 1. The van der Waals surface area contributed by atoms with E-state index in [-0.39, 0.29) is 17.4 Å². The van der Waals surface area contributed by atoms with Gasteiger partial charge in [-0.05, 0) is 36.5 Å². The second-order valence-corrected chi connectivity index (χ2v) is 8.28. The lowest BCUT2D eigenvalue weighted by Crippen LogP contribution is -2.49. The number of aryl methyl sites for hydroxylation is 2. The molecule has 0 spiro atoms. The standard InChI is InChI=1S/C23H25N3O2/c1-24-14-17(19-5-2-3-6-21(19)24)9-10-22(27)25-12-16-11-18(15-25)20-7-4-8-23(28)26(20)13-16/h2-8,14,16,18H,9-13,15H2,1H3. The van der Waals surface area contributed by atoms with E-state index in [1.807, 2.05) is 27.7 Å². The molecule has 1 fully saturated rings. The number of para-hydroxylation sites is 1. The largest absolute Gasteiger partial charge is 0.350 e. The zero-order chi connectivity index (χ0) is 19.3. The molecule has 1 aromatic carbocycles. The molecule has 144 valence electrons. The van der Waals surface area contributed by atoms with Crippen LogP contribution in [0.5, 0.6) is 0 Å². The lowest BCUT2D eigenvalue weighted by atomic mass is 9.83. The molecule has 0 radical (unpaired) electrons. The number of nitrogens with zero attached hydrogens (tertiary/aromatic N) is 3. The number of rotatable bonds is 3. The number of aromatic nitrogens is 2. The molecule has 0 N–H and O–H groups in total. The van der Waals surface area contributed by atoms with Crippen LogP contribution >= 0.6 is 0 Å². The lowest BCUT2D eigenvalue weighted by Gasteiger charge is -2.42. The van der Waals surface area contributed by atoms with Crippen LogP contribution in [-0.2, 0) is 24.8 Å². The molecule has 5 rings (SSSR count). The van der Waals surface area contributed by atoms with E-state index in [1.165, 1.54) is 16.5 Å². The Kier molecular flexibility index (Phi) is 4.11. The topological polar surface area (TPSA) is 47.2 Å². The van der Waals surface area contributed by atoms with Gasteiger partial charge >= 0.3 is 0 Å². The molecule has 2 bridgehead atoms. The number of fused-ring (bicyclic) bond motifs is 5. The Balaban J connectivity index is 1.31. The van der Waals surface area contributed by atoms with Gasteiger partial charge in [0.15, 0.2) is 0 Å². The number of hydrogen-bond donors (Lipinski definition) is 0. The maximum Gasteiger partial charge on any atom is 0.250 e. The van der Waals surface area contributed by atoms with Gasteiger partial charge in [-0.1, -0.05) is 24.3 Å². The molecule has 28 heavy (non-hydrogen) atoms. The summed E-state index contributed by atoms with van der Waals surface area (Å²) < 4.78 is 4.05. The van der Waals surface area contributed by atoms with Crippen molar-refractivity contribution in [2.75, 3.05) is 13.1 Å². The van der Waals surface area contributed by atoms with Crippen LogP contribution in [-0.4, -0.2) is 33.0 Å². The molecule has 2 unspecified atom stereocenters. The minimum Gasteiger partial charge on any atom is -0.350 e. The highest BCUT2D eigenvalue weighted by molar-refractivity contribution is 5.85. The minimum absolute atomic E-state index is 0.0860. The fourth-order valence-electron chi connectivity index (χ4n) is 5.12. The van der Waals surface area contributed by atoms with Crippen LogP contribution in [0.25, 0.3) is 10.9 Å². The molecule has 3 aromatic rings. The summed E-state index contributed by atoms with van der Waals surface area (Å²) in [6.07, 6.45) is 4.53. The summed E-state index contributed by atoms with van der Waals surface area (Å²) >= 11 is 0. The van der Waals surface area contributed by atoms with Crippen LogP contribution in [0.3, 0.4) is 0 Å². The summed E-state index contributed by atoms with van der Waals surface area (Å²) in [5.41, 5.74) is 3.62. The number of amides is 1. The first-order valence-corrected chi connectivity index (χ1v) is 10.1. The average Bonchev–Trinajstić information content (AvgIpc) is 3.03. The molecule has 2 aromatic heterocycles. The molecule has 2 atom stereocenters. The maximum absolute atomic E-state index is 13.0. The zero-order valence-corrected chi connectivity index (χ0v) is 16.2. The Hall–Kier alpha value is -2.82. The molecule has 1 amide bonds. The summed E-state index contributed by atoms with van der Waals surface area (Å²) in [6.45, 7) is 2.23. The Morgan fingerprint density at radius 2 is 1.93 bits per heavy atom. The molecular weight excluding hydrogens is 350 g/mol. The van der Waals surface area contributed by atoms with Crippen LogP contribution in [0.15, 0.2) is 53.5 Å². The van der Waals surface area contributed by atoms with Crippen LogP contribution in [0.2, 0.25) is 0 Å². The summed E-state index contributed by atoms with van der Waals surface area (Å²) in [5.74, 6) is 0.894. The zero-order valence-electron chi connectivity index (χ0n) is 16.2. The molecule has 4 heterocycles. The maximum atomic E-state index is 13.0. The molecule has 1 saturated heterocycles. The normalized spacial score (nSPS) is 21.0. The Morgan fingerprint density at radius 1 is 1.07 bits per heavy atom. The van der Waals surface area contributed by atoms with Crippen LogP contribution in [0.1, 0.15) is 30.0 Å². The Labute approximate surface area is 164 Å². The number of carbonyl (C=O) groups is 1. The fraction of sp³-hybridized carbons (Fsp3) is 0.391. The van der Waals surface area contributed by atoms with Crippen molar-refractivity contribution in [2.45, 2.75) is 31.7 Å². The monoisotopic (exact) mass is 375 g/mol. The second kappa shape index (κ2) is 6.66. The third kappa shape index (κ3) is 2.86. The summed E-state index contributed by atoms with van der Waals surface area (Å²) in [7, 11) is 2.05. The van der Waals surface area contributed by atoms with Crippen molar-refractivity contribution in [2.24, 2.45) is 13.0 Å². The van der Waals surface area contributed by atoms with E-state index in [4.69, 9.17) is 0 Å². The number of hydrogen-bond acceptors (Lipinski definition) is 2. The smallest absolute Gasteiger partial charge is 0.250 e. The predicted octanol–water partition coefficient (Wildman–Crippen LogP) is 2.92. The number of benzene rings is 1. The third-order valence-corrected chi connectivity index (χ3v) is 6.42. The van der Waals surface area contributed by atoms with E-state index in [0.29, 0.717) is 12.3 Å².